The van der Waals surface area contributed by atoms with Crippen molar-refractivity contribution in [3.05, 3.63) is 110 Å². The van der Waals surface area contributed by atoms with E-state index in [1.54, 1.807) is 18.7 Å². The van der Waals surface area contributed by atoms with Crippen LogP contribution in [0.15, 0.2) is 88.0 Å². The molecule has 6 heteroatoms. The zero-order chi connectivity index (χ0) is 26.3. The molecular formula is C31H27NO2S3. The van der Waals surface area contributed by atoms with Crippen molar-refractivity contribution in [2.45, 2.75) is 39.7 Å². The third-order valence-corrected chi connectivity index (χ3v) is 10.1. The summed E-state index contributed by atoms with van der Waals surface area (Å²) in [7, 11) is 0. The lowest BCUT2D eigenvalue weighted by Gasteiger charge is -2.45. The molecule has 2 aliphatic heterocycles. The molecule has 0 spiro atoms. The number of carbonyl (C=O) groups is 2. The van der Waals surface area contributed by atoms with Crippen molar-refractivity contribution in [3.63, 3.8) is 0 Å². The van der Waals surface area contributed by atoms with E-state index in [2.05, 4.69) is 6.07 Å². The number of thioether (sulfide) groups is 2. The van der Waals surface area contributed by atoms with Gasteiger partial charge in [-0.2, -0.15) is 0 Å². The van der Waals surface area contributed by atoms with E-state index in [-0.39, 0.29) is 11.7 Å². The van der Waals surface area contributed by atoms with Gasteiger partial charge >= 0.3 is 0 Å². The molecule has 0 bridgehead atoms. The molecule has 1 amide bonds. The predicted molar refractivity (Wildman–Crippen MR) is 162 cm³/mol. The lowest BCUT2D eigenvalue weighted by Crippen LogP contribution is -2.56. The van der Waals surface area contributed by atoms with Crippen LogP contribution in [-0.2, 0) is 16.0 Å². The van der Waals surface area contributed by atoms with Gasteiger partial charge < -0.3 is 4.90 Å². The highest BCUT2D eigenvalue weighted by molar-refractivity contribution is 8.32. The number of Topliss-reactive ketones (excluding diaryl/α,β-unsaturated/α-hetero) is 1. The molecule has 0 saturated heterocycles. The van der Waals surface area contributed by atoms with E-state index in [1.165, 1.54) is 11.8 Å². The molecule has 3 aromatic rings. The molecule has 5 rings (SSSR count). The van der Waals surface area contributed by atoms with Crippen LogP contribution in [0.4, 0.5) is 5.69 Å². The van der Waals surface area contributed by atoms with E-state index in [0.717, 1.165) is 47.6 Å². The van der Waals surface area contributed by atoms with Crippen LogP contribution in [0.2, 0.25) is 0 Å². The highest BCUT2D eigenvalue weighted by atomic mass is 32.2. The average Bonchev–Trinajstić information content (AvgIpc) is 3.31. The standard InChI is InChI=1S/C31H27NO2S3/c1-19-15-16-24-23(17-19)26(30-36-27(20(2)33)28(37-30)22-13-9-6-10-14-22)29(35)31(3,4)32(24)25(34)18-21-11-7-5-8-12-21/h5-17H,18H2,1-4H3. The van der Waals surface area contributed by atoms with E-state index in [9.17, 15) is 9.59 Å². The third kappa shape index (κ3) is 4.74. The molecule has 0 aromatic heterocycles. The molecule has 0 unspecified atom stereocenters. The van der Waals surface area contributed by atoms with Crippen molar-refractivity contribution in [2.24, 2.45) is 0 Å². The number of thiocarbonyl (C=S) groups is 1. The van der Waals surface area contributed by atoms with Crippen LogP contribution in [0.25, 0.3) is 10.5 Å². The summed E-state index contributed by atoms with van der Waals surface area (Å²) in [4.78, 5) is 30.7. The quantitative estimate of drug-likeness (QED) is 0.248. The van der Waals surface area contributed by atoms with E-state index in [0.29, 0.717) is 11.3 Å². The number of anilines is 1. The first-order chi connectivity index (χ1) is 17.7. The molecule has 0 atom stereocenters. The second-order valence-electron chi connectivity index (χ2n) is 9.75. The minimum Gasteiger partial charge on any atom is -0.301 e. The fraction of sp³-hybridized carbons (Fsp3) is 0.194. The van der Waals surface area contributed by atoms with Crippen LogP contribution in [0.3, 0.4) is 0 Å². The Morgan fingerprint density at radius 3 is 2.22 bits per heavy atom. The largest absolute Gasteiger partial charge is 0.301 e. The van der Waals surface area contributed by atoms with E-state index in [4.69, 9.17) is 12.2 Å². The van der Waals surface area contributed by atoms with Crippen molar-refractivity contribution in [3.8, 4) is 0 Å². The second kappa shape index (κ2) is 10.1. The zero-order valence-corrected chi connectivity index (χ0v) is 23.7. The maximum absolute atomic E-state index is 13.8. The van der Waals surface area contributed by atoms with Crippen molar-refractivity contribution >= 4 is 68.5 Å². The maximum atomic E-state index is 13.8. The van der Waals surface area contributed by atoms with Gasteiger partial charge in [0.05, 0.1) is 31.7 Å². The molecule has 0 radical (unpaired) electrons. The summed E-state index contributed by atoms with van der Waals surface area (Å²) < 4.78 is 0.990. The Hall–Kier alpha value is -2.93. The summed E-state index contributed by atoms with van der Waals surface area (Å²) in [6.07, 6.45) is 0.295. The monoisotopic (exact) mass is 541 g/mol. The number of nitrogens with zero attached hydrogens (tertiary/aromatic N) is 1. The first-order valence-electron chi connectivity index (χ1n) is 12.1. The van der Waals surface area contributed by atoms with Crippen LogP contribution >= 0.6 is 35.7 Å². The van der Waals surface area contributed by atoms with Crippen LogP contribution in [0.5, 0.6) is 0 Å². The minimum atomic E-state index is -0.723. The van der Waals surface area contributed by atoms with Gasteiger partial charge in [-0.3, -0.25) is 9.59 Å². The Bertz CT molecular complexity index is 1490. The first-order valence-corrected chi connectivity index (χ1v) is 14.2. The lowest BCUT2D eigenvalue weighted by atomic mass is 9.82. The molecule has 0 aliphatic carbocycles. The van der Waals surface area contributed by atoms with Crippen LogP contribution in [0, 0.1) is 6.92 Å². The number of benzene rings is 3. The predicted octanol–water partition coefficient (Wildman–Crippen LogP) is 7.84. The SMILES string of the molecule is CC(=O)C1=C(c2ccccc2)SC(=C2C(=S)C(C)(C)N(C(=O)Cc3ccccc3)c3ccc(C)cc32)S1. The highest BCUT2D eigenvalue weighted by Crippen LogP contribution is 2.58. The molecule has 3 aromatic carbocycles. The minimum absolute atomic E-state index is 0.00644. The summed E-state index contributed by atoms with van der Waals surface area (Å²) in [6.45, 7) is 7.70. The Labute approximate surface area is 232 Å². The van der Waals surface area contributed by atoms with Crippen molar-refractivity contribution in [1.82, 2.24) is 0 Å². The van der Waals surface area contributed by atoms with Gasteiger partial charge in [-0.15, -0.1) is 0 Å². The molecule has 0 N–H and O–H groups in total. The normalized spacial score (nSPS) is 18.7. The highest BCUT2D eigenvalue weighted by Gasteiger charge is 2.45. The number of hydrogen-bond acceptors (Lipinski definition) is 5. The first kappa shape index (κ1) is 25.7. The van der Waals surface area contributed by atoms with Crippen LogP contribution in [0.1, 0.15) is 43.0 Å². The van der Waals surface area contributed by atoms with E-state index in [1.807, 2.05) is 98.5 Å². The summed E-state index contributed by atoms with van der Waals surface area (Å²) in [6, 6.07) is 26.0. The topological polar surface area (TPSA) is 37.4 Å². The van der Waals surface area contributed by atoms with Gasteiger partial charge in [-0.1, -0.05) is 108 Å². The Kier molecular flexibility index (Phi) is 7.01. The molecule has 186 valence electrons. The fourth-order valence-electron chi connectivity index (χ4n) is 4.79. The molecule has 0 fully saturated rings. The number of amides is 1. The fourth-order valence-corrected chi connectivity index (χ4v) is 7.98. The van der Waals surface area contributed by atoms with Gasteiger partial charge in [0.1, 0.15) is 0 Å². The summed E-state index contributed by atoms with van der Waals surface area (Å²) in [5, 5.41) is 0. The number of rotatable bonds is 4. The molecular weight excluding hydrogens is 515 g/mol. The third-order valence-electron chi connectivity index (χ3n) is 6.61. The Balaban J connectivity index is 1.64. The van der Waals surface area contributed by atoms with Gasteiger partial charge in [-0.05, 0) is 51.0 Å². The summed E-state index contributed by atoms with van der Waals surface area (Å²) >= 11 is 9.26. The molecule has 2 heterocycles. The van der Waals surface area contributed by atoms with Crippen molar-refractivity contribution in [2.75, 3.05) is 4.90 Å². The number of hydrogen-bond donors (Lipinski definition) is 0. The molecule has 3 nitrogen and oxygen atoms in total. The van der Waals surface area contributed by atoms with Crippen molar-refractivity contribution < 1.29 is 9.59 Å². The molecule has 37 heavy (non-hydrogen) atoms. The number of ketones is 1. The van der Waals surface area contributed by atoms with Crippen LogP contribution in [-0.4, -0.2) is 22.1 Å². The van der Waals surface area contributed by atoms with Crippen LogP contribution < -0.4 is 4.90 Å². The van der Waals surface area contributed by atoms with Gasteiger partial charge in [0.15, 0.2) is 5.78 Å². The summed E-state index contributed by atoms with van der Waals surface area (Å²) in [5.41, 5.74) is 5.10. The van der Waals surface area contributed by atoms with Gasteiger partial charge in [0.25, 0.3) is 0 Å². The average molecular weight is 542 g/mol. The van der Waals surface area contributed by atoms with E-state index < -0.39 is 5.54 Å². The number of fused-ring (bicyclic) bond motifs is 1. The Morgan fingerprint density at radius 2 is 1.57 bits per heavy atom. The molecule has 0 saturated carbocycles. The van der Waals surface area contributed by atoms with Crippen molar-refractivity contribution in [1.29, 1.82) is 0 Å². The lowest BCUT2D eigenvalue weighted by molar-refractivity contribution is -0.118. The number of allylic oxidation sites excluding steroid dienone is 1. The van der Waals surface area contributed by atoms with Gasteiger partial charge in [0.2, 0.25) is 5.91 Å². The number of aryl methyl sites for hydroxylation is 1. The summed E-state index contributed by atoms with van der Waals surface area (Å²) in [5.74, 6) is 0.0454. The molecule has 2 aliphatic rings. The second-order valence-corrected chi connectivity index (χ2v) is 12.5. The smallest absolute Gasteiger partial charge is 0.232 e. The zero-order valence-electron chi connectivity index (χ0n) is 21.2. The van der Waals surface area contributed by atoms with E-state index >= 15 is 0 Å². The maximum Gasteiger partial charge on any atom is 0.232 e. The number of carbonyl (C=O) groups excluding carboxylic acids is 2. The van der Waals surface area contributed by atoms with Gasteiger partial charge in [-0.25, -0.2) is 0 Å². The van der Waals surface area contributed by atoms with Gasteiger partial charge in [0, 0.05) is 16.0 Å². The Morgan fingerprint density at radius 1 is 0.919 bits per heavy atom.